The Labute approximate surface area is 121 Å². The van der Waals surface area contributed by atoms with E-state index in [1.54, 1.807) is 41.8 Å². The predicted molar refractivity (Wildman–Crippen MR) is 79.2 cm³/mol. The molecule has 0 aliphatic heterocycles. The monoisotopic (exact) mass is 295 g/mol. The third-order valence-electron chi connectivity index (χ3n) is 2.57. The van der Waals surface area contributed by atoms with Crippen LogP contribution in [-0.4, -0.2) is 31.0 Å². The Morgan fingerprint density at radius 2 is 2.37 bits per heavy atom. The summed E-state index contributed by atoms with van der Waals surface area (Å²) in [7, 11) is 1.95. The molecule has 0 unspecified atom stereocenters. The number of aromatic nitrogens is 1. The second-order valence-electron chi connectivity index (χ2n) is 4.00. The van der Waals surface area contributed by atoms with Crippen LogP contribution in [-0.2, 0) is 0 Å². The molecule has 0 radical (unpaired) electrons. The number of hydrogen-bond acceptors (Lipinski definition) is 4. The first-order chi connectivity index (χ1) is 9.16. The summed E-state index contributed by atoms with van der Waals surface area (Å²) in [5, 5.41) is 6.29. The predicted octanol–water partition coefficient (Wildman–Crippen LogP) is 2.66. The molecule has 0 saturated heterocycles. The van der Waals surface area contributed by atoms with Gasteiger partial charge in [0.25, 0.3) is 5.91 Å². The molecule has 1 aromatic carbocycles. The molecule has 2 aromatic rings. The molecule has 1 heterocycles. The van der Waals surface area contributed by atoms with Gasteiger partial charge in [-0.25, -0.2) is 4.98 Å². The molecule has 0 atom stereocenters. The fourth-order valence-electron chi connectivity index (χ4n) is 1.57. The smallest absolute Gasteiger partial charge is 0.251 e. The van der Waals surface area contributed by atoms with E-state index in [1.165, 1.54) is 0 Å². The van der Waals surface area contributed by atoms with Gasteiger partial charge in [-0.2, -0.15) is 0 Å². The Morgan fingerprint density at radius 1 is 1.53 bits per heavy atom. The van der Waals surface area contributed by atoms with E-state index in [0.717, 1.165) is 5.13 Å². The number of carbonyl (C=O) groups excluding carboxylic acids is 1. The molecule has 0 saturated carbocycles. The van der Waals surface area contributed by atoms with Crippen molar-refractivity contribution < 1.29 is 4.79 Å². The van der Waals surface area contributed by atoms with E-state index in [1.807, 2.05) is 17.3 Å². The number of benzene rings is 1. The second kappa shape index (κ2) is 6.54. The molecular weight excluding hydrogens is 282 g/mol. The van der Waals surface area contributed by atoms with Gasteiger partial charge in [-0.05, 0) is 18.2 Å². The maximum atomic E-state index is 11.9. The van der Waals surface area contributed by atoms with Crippen molar-refractivity contribution in [3.05, 3.63) is 46.4 Å². The van der Waals surface area contributed by atoms with E-state index < -0.39 is 0 Å². The summed E-state index contributed by atoms with van der Waals surface area (Å²) in [4.78, 5) is 18.1. The normalized spacial score (nSPS) is 10.2. The van der Waals surface area contributed by atoms with Crippen molar-refractivity contribution in [1.82, 2.24) is 10.3 Å². The van der Waals surface area contributed by atoms with Crippen molar-refractivity contribution in [2.24, 2.45) is 0 Å². The van der Waals surface area contributed by atoms with Crippen LogP contribution in [0.5, 0.6) is 0 Å². The number of rotatable bonds is 5. The van der Waals surface area contributed by atoms with E-state index in [0.29, 0.717) is 23.7 Å². The molecule has 0 spiro atoms. The Bertz CT molecular complexity index is 545. The molecular formula is C13H14ClN3OS. The van der Waals surface area contributed by atoms with Crippen LogP contribution in [0.25, 0.3) is 0 Å². The number of nitrogens with one attached hydrogen (secondary N) is 1. The van der Waals surface area contributed by atoms with Crippen LogP contribution in [0.15, 0.2) is 35.8 Å². The molecule has 1 aromatic heterocycles. The first-order valence-corrected chi connectivity index (χ1v) is 7.07. The molecule has 0 aliphatic carbocycles. The average Bonchev–Trinajstić information content (AvgIpc) is 2.92. The number of thiazole rings is 1. The minimum atomic E-state index is -0.116. The molecule has 4 nitrogen and oxygen atoms in total. The van der Waals surface area contributed by atoms with Gasteiger partial charge in [0.05, 0.1) is 0 Å². The van der Waals surface area contributed by atoms with E-state index in [4.69, 9.17) is 11.6 Å². The number of anilines is 1. The van der Waals surface area contributed by atoms with Crippen molar-refractivity contribution in [3.63, 3.8) is 0 Å². The standard InChI is InChI=1S/C13H14ClN3OS/c1-17(13-16-6-8-19-13)7-5-15-12(18)10-3-2-4-11(14)9-10/h2-4,6,8-9H,5,7H2,1H3,(H,15,18). The lowest BCUT2D eigenvalue weighted by atomic mass is 10.2. The van der Waals surface area contributed by atoms with Crippen LogP contribution >= 0.6 is 22.9 Å². The molecule has 0 aliphatic rings. The SMILES string of the molecule is CN(CCNC(=O)c1cccc(Cl)c1)c1nccs1. The average molecular weight is 296 g/mol. The number of amides is 1. The Balaban J connectivity index is 1.81. The summed E-state index contributed by atoms with van der Waals surface area (Å²) in [6.07, 6.45) is 1.76. The summed E-state index contributed by atoms with van der Waals surface area (Å²) in [5.41, 5.74) is 0.574. The van der Waals surface area contributed by atoms with E-state index in [2.05, 4.69) is 10.3 Å². The van der Waals surface area contributed by atoms with Crippen molar-refractivity contribution in [2.45, 2.75) is 0 Å². The first-order valence-electron chi connectivity index (χ1n) is 5.81. The number of halogens is 1. The van der Waals surface area contributed by atoms with Gasteiger partial charge in [0.2, 0.25) is 0 Å². The van der Waals surface area contributed by atoms with Gasteiger partial charge in [-0.1, -0.05) is 17.7 Å². The minimum Gasteiger partial charge on any atom is -0.350 e. The van der Waals surface area contributed by atoms with Crippen molar-refractivity contribution in [2.75, 3.05) is 25.0 Å². The number of carbonyl (C=O) groups is 1. The molecule has 0 fully saturated rings. The Morgan fingerprint density at radius 3 is 3.05 bits per heavy atom. The van der Waals surface area contributed by atoms with Crippen LogP contribution in [0.2, 0.25) is 5.02 Å². The van der Waals surface area contributed by atoms with Gasteiger partial charge >= 0.3 is 0 Å². The van der Waals surface area contributed by atoms with E-state index >= 15 is 0 Å². The van der Waals surface area contributed by atoms with Crippen LogP contribution in [0, 0.1) is 0 Å². The van der Waals surface area contributed by atoms with Crippen LogP contribution in [0.1, 0.15) is 10.4 Å². The highest BCUT2D eigenvalue weighted by Crippen LogP contribution is 2.14. The zero-order valence-corrected chi connectivity index (χ0v) is 12.0. The molecule has 1 amide bonds. The van der Waals surface area contributed by atoms with Crippen molar-refractivity contribution in [1.29, 1.82) is 0 Å². The van der Waals surface area contributed by atoms with Gasteiger partial charge in [0, 0.05) is 42.3 Å². The van der Waals surface area contributed by atoms with Crippen molar-refractivity contribution >= 4 is 34.0 Å². The third-order valence-corrected chi connectivity index (χ3v) is 3.69. The number of hydrogen-bond donors (Lipinski definition) is 1. The van der Waals surface area contributed by atoms with Crippen LogP contribution < -0.4 is 10.2 Å². The van der Waals surface area contributed by atoms with Gasteiger partial charge < -0.3 is 10.2 Å². The molecule has 19 heavy (non-hydrogen) atoms. The molecule has 6 heteroatoms. The molecule has 1 N–H and O–H groups in total. The lowest BCUT2D eigenvalue weighted by Gasteiger charge is -2.15. The highest BCUT2D eigenvalue weighted by atomic mass is 35.5. The second-order valence-corrected chi connectivity index (χ2v) is 5.31. The zero-order valence-electron chi connectivity index (χ0n) is 10.5. The van der Waals surface area contributed by atoms with Crippen LogP contribution in [0.3, 0.4) is 0 Å². The summed E-state index contributed by atoms with van der Waals surface area (Å²) >= 11 is 7.42. The number of nitrogens with zero attached hydrogens (tertiary/aromatic N) is 2. The quantitative estimate of drug-likeness (QED) is 0.922. The molecule has 2 rings (SSSR count). The topological polar surface area (TPSA) is 45.2 Å². The summed E-state index contributed by atoms with van der Waals surface area (Å²) < 4.78 is 0. The highest BCUT2D eigenvalue weighted by molar-refractivity contribution is 7.13. The minimum absolute atomic E-state index is 0.116. The maximum absolute atomic E-state index is 11.9. The van der Waals surface area contributed by atoms with Gasteiger partial charge in [0.15, 0.2) is 5.13 Å². The van der Waals surface area contributed by atoms with Crippen molar-refractivity contribution in [3.8, 4) is 0 Å². The summed E-state index contributed by atoms with van der Waals surface area (Å²) in [5.74, 6) is -0.116. The van der Waals surface area contributed by atoms with Crippen LogP contribution in [0.4, 0.5) is 5.13 Å². The Kier molecular flexibility index (Phi) is 4.76. The largest absolute Gasteiger partial charge is 0.350 e. The summed E-state index contributed by atoms with van der Waals surface area (Å²) in [6, 6.07) is 6.90. The lowest BCUT2D eigenvalue weighted by Crippen LogP contribution is -2.32. The van der Waals surface area contributed by atoms with Gasteiger partial charge in [-0.15, -0.1) is 11.3 Å². The third kappa shape index (κ3) is 3.94. The van der Waals surface area contributed by atoms with E-state index in [-0.39, 0.29) is 5.91 Å². The molecule has 100 valence electrons. The fraction of sp³-hybridized carbons (Fsp3) is 0.231. The Hall–Kier alpha value is -1.59. The lowest BCUT2D eigenvalue weighted by molar-refractivity contribution is 0.0954. The van der Waals surface area contributed by atoms with Gasteiger partial charge in [-0.3, -0.25) is 4.79 Å². The fourth-order valence-corrected chi connectivity index (χ4v) is 2.40. The number of likely N-dealkylation sites (N-methyl/N-ethyl adjacent to an activating group) is 1. The summed E-state index contributed by atoms with van der Waals surface area (Å²) in [6.45, 7) is 1.27. The highest BCUT2D eigenvalue weighted by Gasteiger charge is 2.07. The van der Waals surface area contributed by atoms with E-state index in [9.17, 15) is 4.79 Å². The molecule has 0 bridgehead atoms. The maximum Gasteiger partial charge on any atom is 0.251 e. The van der Waals surface area contributed by atoms with Gasteiger partial charge in [0.1, 0.15) is 0 Å². The zero-order chi connectivity index (χ0) is 13.7. The first kappa shape index (κ1) is 13.8.